The number of alkyl halides is 3. The van der Waals surface area contributed by atoms with Gasteiger partial charge in [-0.1, -0.05) is 12.1 Å². The fraction of sp³-hybridized carbons (Fsp3) is 0.562. The van der Waals surface area contributed by atoms with Crippen molar-refractivity contribution in [1.82, 2.24) is 9.21 Å². The molecule has 1 aromatic rings. The highest BCUT2D eigenvalue weighted by Crippen LogP contribution is 2.25. The molecule has 1 fully saturated rings. The number of carbonyl (C=O) groups is 1. The van der Waals surface area contributed by atoms with E-state index in [1.54, 1.807) is 24.3 Å². The molecule has 0 spiro atoms. The monoisotopic (exact) mass is 429 g/mol. The summed E-state index contributed by atoms with van der Waals surface area (Å²) in [6, 6.07) is 6.03. The molecule has 0 atom stereocenters. The Labute approximate surface area is 163 Å². The zero-order chi connectivity index (χ0) is 19.5. The summed E-state index contributed by atoms with van der Waals surface area (Å²) in [4.78, 5) is 14.0. The van der Waals surface area contributed by atoms with Crippen LogP contribution in [0.2, 0.25) is 0 Å². The Kier molecular flexibility index (Phi) is 8.09. The molecule has 0 unspecified atom stereocenters. The van der Waals surface area contributed by atoms with Gasteiger partial charge < -0.3 is 10.6 Å². The van der Waals surface area contributed by atoms with Crippen molar-refractivity contribution in [2.45, 2.75) is 31.6 Å². The van der Waals surface area contributed by atoms with Crippen LogP contribution in [0.25, 0.3) is 0 Å². The predicted molar refractivity (Wildman–Crippen MR) is 98.1 cm³/mol. The first-order chi connectivity index (χ1) is 12.0. The Bertz CT molecular complexity index is 734. The van der Waals surface area contributed by atoms with E-state index in [0.29, 0.717) is 16.4 Å². The van der Waals surface area contributed by atoms with E-state index in [4.69, 9.17) is 5.73 Å². The van der Waals surface area contributed by atoms with Gasteiger partial charge in [-0.25, -0.2) is 8.42 Å². The van der Waals surface area contributed by atoms with Crippen LogP contribution in [0.15, 0.2) is 24.3 Å². The standard InChI is InChI=1S/C16H22F3N3O3S.ClH/c1-26(24,25)22(11-16(17,18)19)14-6-8-21(9-7-14)15(23)13-4-2-12(10-20)3-5-13;/h2-5,14H,6-11,20H2,1H3;1H. The summed E-state index contributed by atoms with van der Waals surface area (Å²) >= 11 is 0. The molecule has 1 amide bonds. The molecular formula is C16H23ClF3N3O3S. The van der Waals surface area contributed by atoms with Crippen LogP contribution in [0, 0.1) is 0 Å². The summed E-state index contributed by atoms with van der Waals surface area (Å²) in [5.41, 5.74) is 6.87. The smallest absolute Gasteiger partial charge is 0.339 e. The molecule has 0 aromatic heterocycles. The second-order valence-electron chi connectivity index (χ2n) is 6.35. The molecule has 1 aliphatic heterocycles. The quantitative estimate of drug-likeness (QED) is 0.775. The van der Waals surface area contributed by atoms with E-state index in [9.17, 15) is 26.4 Å². The zero-order valence-electron chi connectivity index (χ0n) is 14.8. The van der Waals surface area contributed by atoms with E-state index < -0.39 is 28.8 Å². The van der Waals surface area contributed by atoms with Gasteiger partial charge in [0.2, 0.25) is 10.0 Å². The second kappa shape index (κ2) is 9.22. The number of carbonyl (C=O) groups excluding carboxylic acids is 1. The first-order valence-electron chi connectivity index (χ1n) is 8.13. The molecule has 1 heterocycles. The average molecular weight is 430 g/mol. The highest BCUT2D eigenvalue weighted by atomic mass is 35.5. The Morgan fingerprint density at radius 1 is 1.22 bits per heavy atom. The lowest BCUT2D eigenvalue weighted by atomic mass is 10.0. The Balaban J connectivity index is 0.00000364. The van der Waals surface area contributed by atoms with Gasteiger partial charge in [-0.05, 0) is 30.5 Å². The van der Waals surface area contributed by atoms with Gasteiger partial charge in [-0.15, -0.1) is 12.4 Å². The number of hydrogen-bond acceptors (Lipinski definition) is 4. The maximum Gasteiger partial charge on any atom is 0.402 e. The number of likely N-dealkylation sites (tertiary alicyclic amines) is 1. The van der Waals surface area contributed by atoms with Crippen LogP contribution in [0.3, 0.4) is 0 Å². The number of rotatable bonds is 5. The second-order valence-corrected chi connectivity index (χ2v) is 8.28. The SMILES string of the molecule is CS(=O)(=O)N(CC(F)(F)F)C1CCN(C(=O)c2ccc(CN)cc2)CC1.Cl. The first kappa shape index (κ1) is 23.7. The van der Waals surface area contributed by atoms with Crippen LogP contribution in [0.4, 0.5) is 13.2 Å². The van der Waals surface area contributed by atoms with Gasteiger partial charge in [0.25, 0.3) is 5.91 Å². The maximum absolute atomic E-state index is 12.7. The molecule has 2 N–H and O–H groups in total. The van der Waals surface area contributed by atoms with Gasteiger partial charge in [0.15, 0.2) is 0 Å². The van der Waals surface area contributed by atoms with Crippen molar-refractivity contribution in [3.05, 3.63) is 35.4 Å². The van der Waals surface area contributed by atoms with Gasteiger partial charge in [-0.3, -0.25) is 4.79 Å². The minimum absolute atomic E-state index is 0. The number of nitrogens with zero attached hydrogens (tertiary/aromatic N) is 2. The van der Waals surface area contributed by atoms with E-state index in [0.717, 1.165) is 11.8 Å². The van der Waals surface area contributed by atoms with Gasteiger partial charge in [0.1, 0.15) is 6.54 Å². The molecule has 0 radical (unpaired) electrons. The summed E-state index contributed by atoms with van der Waals surface area (Å²) in [7, 11) is -4.00. The van der Waals surface area contributed by atoms with Crippen LogP contribution in [-0.4, -0.2) is 61.6 Å². The van der Waals surface area contributed by atoms with E-state index in [1.807, 2.05) is 0 Å². The summed E-state index contributed by atoms with van der Waals surface area (Å²) in [6.45, 7) is -0.747. The fourth-order valence-electron chi connectivity index (χ4n) is 3.02. The number of halogens is 4. The summed E-state index contributed by atoms with van der Waals surface area (Å²) in [6.07, 6.45) is -3.51. The zero-order valence-corrected chi connectivity index (χ0v) is 16.4. The molecule has 2 rings (SSSR count). The van der Waals surface area contributed by atoms with Crippen molar-refractivity contribution in [3.8, 4) is 0 Å². The highest BCUT2D eigenvalue weighted by molar-refractivity contribution is 7.88. The topological polar surface area (TPSA) is 83.7 Å². The largest absolute Gasteiger partial charge is 0.402 e. The number of sulfonamides is 1. The van der Waals surface area contributed by atoms with Crippen molar-refractivity contribution in [2.75, 3.05) is 25.9 Å². The van der Waals surface area contributed by atoms with Crippen LogP contribution in [0.5, 0.6) is 0 Å². The number of benzene rings is 1. The molecule has 6 nitrogen and oxygen atoms in total. The van der Waals surface area contributed by atoms with Gasteiger partial charge in [-0.2, -0.15) is 17.5 Å². The third kappa shape index (κ3) is 6.63. The lowest BCUT2D eigenvalue weighted by Crippen LogP contribution is -2.51. The Hall–Kier alpha value is -1.36. The summed E-state index contributed by atoms with van der Waals surface area (Å²) < 4.78 is 62.1. The summed E-state index contributed by atoms with van der Waals surface area (Å²) in [5.74, 6) is -0.228. The van der Waals surface area contributed by atoms with E-state index >= 15 is 0 Å². The summed E-state index contributed by atoms with van der Waals surface area (Å²) in [5, 5.41) is 0. The molecule has 11 heteroatoms. The average Bonchev–Trinajstić information content (AvgIpc) is 2.58. The van der Waals surface area contributed by atoms with Crippen molar-refractivity contribution in [2.24, 2.45) is 5.73 Å². The maximum atomic E-state index is 12.7. The first-order valence-corrected chi connectivity index (χ1v) is 9.98. The van der Waals surface area contributed by atoms with Crippen molar-refractivity contribution in [3.63, 3.8) is 0 Å². The lowest BCUT2D eigenvalue weighted by Gasteiger charge is -2.37. The fourth-order valence-corrected chi connectivity index (χ4v) is 4.15. The van der Waals surface area contributed by atoms with Gasteiger partial charge in [0, 0.05) is 31.2 Å². The van der Waals surface area contributed by atoms with E-state index in [2.05, 4.69) is 0 Å². The molecular weight excluding hydrogens is 407 g/mol. The Morgan fingerprint density at radius 3 is 2.15 bits per heavy atom. The molecule has 154 valence electrons. The molecule has 0 saturated carbocycles. The van der Waals surface area contributed by atoms with Crippen LogP contribution in [-0.2, 0) is 16.6 Å². The van der Waals surface area contributed by atoms with Gasteiger partial charge >= 0.3 is 6.18 Å². The minimum atomic E-state index is -4.61. The minimum Gasteiger partial charge on any atom is -0.339 e. The van der Waals surface area contributed by atoms with E-state index in [-0.39, 0.29) is 44.2 Å². The number of nitrogens with two attached hydrogens (primary N) is 1. The molecule has 1 aromatic carbocycles. The third-order valence-corrected chi connectivity index (χ3v) is 5.64. The van der Waals surface area contributed by atoms with Crippen molar-refractivity contribution < 1.29 is 26.4 Å². The van der Waals surface area contributed by atoms with Crippen molar-refractivity contribution >= 4 is 28.3 Å². The predicted octanol–water partition coefficient (Wildman–Crippen LogP) is 2.00. The third-order valence-electron chi connectivity index (χ3n) is 4.36. The van der Waals surface area contributed by atoms with Crippen LogP contribution >= 0.6 is 12.4 Å². The van der Waals surface area contributed by atoms with Gasteiger partial charge in [0.05, 0.1) is 6.26 Å². The molecule has 27 heavy (non-hydrogen) atoms. The highest BCUT2D eigenvalue weighted by Gasteiger charge is 2.40. The van der Waals surface area contributed by atoms with E-state index in [1.165, 1.54) is 4.90 Å². The van der Waals surface area contributed by atoms with Crippen LogP contribution < -0.4 is 5.73 Å². The molecule has 1 aliphatic rings. The number of piperidine rings is 1. The molecule has 0 aliphatic carbocycles. The van der Waals surface area contributed by atoms with Crippen LogP contribution in [0.1, 0.15) is 28.8 Å². The van der Waals surface area contributed by atoms with Crippen molar-refractivity contribution in [1.29, 1.82) is 0 Å². The lowest BCUT2D eigenvalue weighted by molar-refractivity contribution is -0.140. The normalized spacial score (nSPS) is 16.3. The molecule has 0 bridgehead atoms. The number of hydrogen-bond donors (Lipinski definition) is 1. The number of amides is 1. The Morgan fingerprint density at radius 2 is 1.74 bits per heavy atom. The molecule has 1 saturated heterocycles.